The van der Waals surface area contributed by atoms with Crippen LogP contribution in [0.2, 0.25) is 0 Å². The molecule has 0 saturated carbocycles. The Morgan fingerprint density at radius 1 is 1.32 bits per heavy atom. The number of hydrogen-bond donors (Lipinski definition) is 2. The number of rotatable bonds is 4. The Morgan fingerprint density at radius 2 is 2.12 bits per heavy atom. The molecule has 128 valence electrons. The van der Waals surface area contributed by atoms with Crippen molar-refractivity contribution in [1.82, 2.24) is 14.7 Å². The summed E-state index contributed by atoms with van der Waals surface area (Å²) in [5.41, 5.74) is 3.38. The van der Waals surface area contributed by atoms with Gasteiger partial charge in [0.25, 0.3) is 5.69 Å². The Morgan fingerprint density at radius 3 is 2.84 bits per heavy atom. The summed E-state index contributed by atoms with van der Waals surface area (Å²) in [5.74, 6) is 0.130. The van der Waals surface area contributed by atoms with Gasteiger partial charge in [-0.2, -0.15) is 5.10 Å². The molecule has 1 aliphatic heterocycles. The first-order valence-corrected chi connectivity index (χ1v) is 7.89. The molecule has 0 amide bonds. The van der Waals surface area contributed by atoms with Crippen LogP contribution in [0.5, 0.6) is 5.75 Å². The number of likely N-dealkylation sites (N-methyl/N-ethyl adjacent to an activating group) is 1. The Hall–Kier alpha value is -3.13. The van der Waals surface area contributed by atoms with Crippen LogP contribution in [-0.2, 0) is 6.54 Å². The smallest absolute Gasteiger partial charge is 0.293 e. The van der Waals surface area contributed by atoms with Crippen LogP contribution in [-0.4, -0.2) is 45.4 Å². The molecule has 8 heteroatoms. The van der Waals surface area contributed by atoms with E-state index in [-0.39, 0.29) is 11.4 Å². The van der Waals surface area contributed by atoms with E-state index in [1.165, 1.54) is 6.07 Å². The second-order valence-electron chi connectivity index (χ2n) is 6.34. The second-order valence-corrected chi connectivity index (χ2v) is 6.34. The van der Waals surface area contributed by atoms with E-state index >= 15 is 0 Å². The Labute approximate surface area is 143 Å². The van der Waals surface area contributed by atoms with Crippen LogP contribution in [0, 0.1) is 10.1 Å². The fourth-order valence-electron chi connectivity index (χ4n) is 3.16. The van der Waals surface area contributed by atoms with E-state index in [1.807, 2.05) is 18.8 Å². The summed E-state index contributed by atoms with van der Waals surface area (Å²) >= 11 is 0. The first-order chi connectivity index (χ1) is 12.0. The van der Waals surface area contributed by atoms with Crippen LogP contribution >= 0.6 is 0 Å². The average Bonchev–Trinajstić information content (AvgIpc) is 2.94. The van der Waals surface area contributed by atoms with E-state index in [9.17, 15) is 15.2 Å². The van der Waals surface area contributed by atoms with Gasteiger partial charge in [0.05, 0.1) is 22.4 Å². The molecule has 0 bridgehead atoms. The van der Waals surface area contributed by atoms with Crippen LogP contribution in [0.25, 0.3) is 22.2 Å². The lowest BCUT2D eigenvalue weighted by molar-refractivity contribution is -0.383. The topological polar surface area (TPSA) is 96.5 Å². The molecule has 1 aliphatic rings. The van der Waals surface area contributed by atoms with Crippen molar-refractivity contribution in [3.63, 3.8) is 0 Å². The standard InChI is InChI=1S/C17H17N5O3/c1-20(2)7-8-21-13-5-6-14(22(24)25)17-15(13)16(19-21)11-9-10(23)3-4-12(11)18-17/h3-6,9,18,23H,7-8H2,1-2H3. The maximum Gasteiger partial charge on any atom is 0.293 e. The van der Waals surface area contributed by atoms with Gasteiger partial charge >= 0.3 is 0 Å². The molecule has 1 aromatic heterocycles. The van der Waals surface area contributed by atoms with Crippen LogP contribution in [0.3, 0.4) is 0 Å². The van der Waals surface area contributed by atoms with Gasteiger partial charge in [0.1, 0.15) is 17.1 Å². The van der Waals surface area contributed by atoms with Crippen molar-refractivity contribution in [2.24, 2.45) is 0 Å². The summed E-state index contributed by atoms with van der Waals surface area (Å²) in [5, 5.41) is 29.8. The van der Waals surface area contributed by atoms with Gasteiger partial charge in [0, 0.05) is 23.9 Å². The van der Waals surface area contributed by atoms with Gasteiger partial charge in [-0.25, -0.2) is 0 Å². The molecule has 0 saturated heterocycles. The molecule has 0 atom stereocenters. The molecule has 4 rings (SSSR count). The molecule has 0 unspecified atom stereocenters. The minimum Gasteiger partial charge on any atom is -0.508 e. The molecule has 0 radical (unpaired) electrons. The third kappa shape index (κ3) is 2.38. The van der Waals surface area contributed by atoms with Gasteiger partial charge in [-0.1, -0.05) is 0 Å². The van der Waals surface area contributed by atoms with E-state index in [0.717, 1.165) is 17.6 Å². The summed E-state index contributed by atoms with van der Waals surface area (Å²) in [4.78, 5) is 13.1. The van der Waals surface area contributed by atoms with Gasteiger partial charge in [0.2, 0.25) is 0 Å². The van der Waals surface area contributed by atoms with E-state index in [4.69, 9.17) is 5.10 Å². The van der Waals surface area contributed by atoms with Crippen molar-refractivity contribution in [2.75, 3.05) is 26.0 Å². The minimum absolute atomic E-state index is 0.0136. The zero-order chi connectivity index (χ0) is 17.7. The van der Waals surface area contributed by atoms with Crippen LogP contribution < -0.4 is 5.32 Å². The van der Waals surface area contributed by atoms with E-state index < -0.39 is 4.92 Å². The Kier molecular flexibility index (Phi) is 3.36. The lowest BCUT2D eigenvalue weighted by atomic mass is 9.99. The highest BCUT2D eigenvalue weighted by atomic mass is 16.6. The lowest BCUT2D eigenvalue weighted by Gasteiger charge is -2.17. The average molecular weight is 339 g/mol. The quantitative estimate of drug-likeness (QED) is 0.337. The number of nitro groups is 1. The van der Waals surface area contributed by atoms with Crippen molar-refractivity contribution < 1.29 is 10.0 Å². The second kappa shape index (κ2) is 5.45. The molecule has 2 N–H and O–H groups in total. The summed E-state index contributed by atoms with van der Waals surface area (Å²) in [6, 6.07) is 8.12. The highest BCUT2D eigenvalue weighted by Crippen LogP contribution is 2.47. The molecule has 2 heterocycles. The Bertz CT molecular complexity index is 1010. The fraction of sp³-hybridized carbons (Fsp3) is 0.235. The normalized spacial score (nSPS) is 12.3. The van der Waals surface area contributed by atoms with Crippen LogP contribution in [0.4, 0.5) is 17.1 Å². The molecular formula is C17H17N5O3. The van der Waals surface area contributed by atoms with Gasteiger partial charge in [0.15, 0.2) is 0 Å². The van der Waals surface area contributed by atoms with Crippen molar-refractivity contribution in [3.8, 4) is 17.0 Å². The number of phenols is 1. The number of benzene rings is 2. The van der Waals surface area contributed by atoms with Crippen molar-refractivity contribution in [1.29, 1.82) is 0 Å². The van der Waals surface area contributed by atoms with Crippen LogP contribution in [0.1, 0.15) is 0 Å². The summed E-state index contributed by atoms with van der Waals surface area (Å²) < 4.78 is 1.86. The number of nitro benzene ring substituents is 1. The zero-order valence-corrected chi connectivity index (χ0v) is 13.9. The zero-order valence-electron chi connectivity index (χ0n) is 13.9. The Balaban J connectivity index is 2.00. The highest BCUT2D eigenvalue weighted by Gasteiger charge is 2.29. The molecule has 0 spiro atoms. The van der Waals surface area contributed by atoms with E-state index in [0.29, 0.717) is 29.0 Å². The predicted octanol–water partition coefficient (Wildman–Crippen LogP) is 2.94. The maximum atomic E-state index is 11.4. The lowest BCUT2D eigenvalue weighted by Crippen LogP contribution is -2.18. The van der Waals surface area contributed by atoms with Gasteiger partial charge in [-0.15, -0.1) is 0 Å². The maximum absolute atomic E-state index is 11.4. The van der Waals surface area contributed by atoms with E-state index in [2.05, 4.69) is 10.2 Å². The number of phenolic OH excluding ortho intramolecular Hbond substituents is 1. The summed E-state index contributed by atoms with van der Waals surface area (Å²) in [7, 11) is 3.96. The molecule has 0 aliphatic carbocycles. The van der Waals surface area contributed by atoms with Gasteiger partial charge in [-0.3, -0.25) is 14.8 Å². The largest absolute Gasteiger partial charge is 0.508 e. The van der Waals surface area contributed by atoms with Crippen molar-refractivity contribution in [3.05, 3.63) is 40.4 Å². The highest BCUT2D eigenvalue weighted by molar-refractivity contribution is 6.12. The summed E-state index contributed by atoms with van der Waals surface area (Å²) in [6.07, 6.45) is 0. The summed E-state index contributed by atoms with van der Waals surface area (Å²) in [6.45, 7) is 1.46. The minimum atomic E-state index is -0.395. The monoisotopic (exact) mass is 339 g/mol. The first kappa shape index (κ1) is 15.4. The molecule has 3 aromatic rings. The molecule has 8 nitrogen and oxygen atoms in total. The third-order valence-corrected chi connectivity index (χ3v) is 4.37. The molecule has 25 heavy (non-hydrogen) atoms. The SMILES string of the molecule is CN(C)CCn1nc2c3c(c([N+](=O)[O-])ccc31)Nc1ccc(O)cc1-2. The van der Waals surface area contributed by atoms with Crippen LogP contribution in [0.15, 0.2) is 30.3 Å². The van der Waals surface area contributed by atoms with Gasteiger partial charge < -0.3 is 15.3 Å². The molecular weight excluding hydrogens is 322 g/mol. The van der Waals surface area contributed by atoms with E-state index in [1.54, 1.807) is 24.3 Å². The number of fused-ring (bicyclic) bond motifs is 2. The molecule has 2 aromatic carbocycles. The van der Waals surface area contributed by atoms with Gasteiger partial charge in [-0.05, 0) is 38.4 Å². The predicted molar refractivity (Wildman–Crippen MR) is 95.3 cm³/mol. The molecule has 0 fully saturated rings. The fourth-order valence-corrected chi connectivity index (χ4v) is 3.16. The number of aromatic nitrogens is 2. The van der Waals surface area contributed by atoms with Crippen molar-refractivity contribution in [2.45, 2.75) is 6.54 Å². The number of hydrogen-bond acceptors (Lipinski definition) is 6. The number of aromatic hydroxyl groups is 1. The number of anilines is 2. The first-order valence-electron chi connectivity index (χ1n) is 7.89. The van der Waals surface area contributed by atoms with Crippen molar-refractivity contribution >= 4 is 28.0 Å². The third-order valence-electron chi connectivity index (χ3n) is 4.37. The number of nitrogens with one attached hydrogen (secondary N) is 1. The number of nitrogens with zero attached hydrogens (tertiary/aromatic N) is 4.